The average molecular weight is 504 g/mol. The van der Waals surface area contributed by atoms with Gasteiger partial charge in [0.15, 0.2) is 0 Å². The molecule has 194 valence electrons. The summed E-state index contributed by atoms with van der Waals surface area (Å²) in [4.78, 5) is 28.2. The van der Waals surface area contributed by atoms with E-state index < -0.39 is 49.2 Å². The van der Waals surface area contributed by atoms with Crippen LogP contribution in [0.15, 0.2) is 42.0 Å². The Morgan fingerprint density at radius 3 is 2.61 bits per heavy atom. The van der Waals surface area contributed by atoms with Gasteiger partial charge < -0.3 is 25.0 Å². The maximum Gasteiger partial charge on any atom is 0.475 e. The zero-order chi connectivity index (χ0) is 26.5. The van der Waals surface area contributed by atoms with Crippen LogP contribution in [-0.2, 0) is 16.0 Å². The molecule has 2 heterocycles. The van der Waals surface area contributed by atoms with E-state index in [1.807, 2.05) is 12.1 Å². The zero-order valence-corrected chi connectivity index (χ0v) is 20.4. The average Bonchev–Trinajstić information content (AvgIpc) is 3.43. The summed E-state index contributed by atoms with van der Waals surface area (Å²) in [5, 5.41) is 31.3. The predicted octanol–water partition coefficient (Wildman–Crippen LogP) is 1.51. The molecule has 0 aromatic heterocycles. The number of alkyl carbamates (subject to hydrolysis) is 1. The number of hydrogen-bond acceptors (Lipinski definition) is 7. The number of amides is 2. The van der Waals surface area contributed by atoms with E-state index in [1.54, 1.807) is 43.0 Å². The maximum atomic E-state index is 13.7. The lowest BCUT2D eigenvalue weighted by Crippen LogP contribution is -2.48. The molecule has 36 heavy (non-hydrogen) atoms. The summed E-state index contributed by atoms with van der Waals surface area (Å²) in [6, 6.07) is 10.9. The van der Waals surface area contributed by atoms with Crippen LogP contribution in [0.3, 0.4) is 0 Å². The Hall–Kier alpha value is -3.01. The minimum absolute atomic E-state index is 0.0541. The maximum absolute atomic E-state index is 13.7. The third-order valence-electron chi connectivity index (χ3n) is 6.50. The third kappa shape index (κ3) is 7.26. The van der Waals surface area contributed by atoms with Crippen LogP contribution in [0.25, 0.3) is 0 Å². The number of rotatable bonds is 8. The van der Waals surface area contributed by atoms with Crippen molar-refractivity contribution in [1.29, 1.82) is 5.26 Å². The molecule has 2 unspecified atom stereocenters. The van der Waals surface area contributed by atoms with Crippen LogP contribution < -0.4 is 5.32 Å². The molecule has 2 atom stereocenters. The molecule has 0 saturated carbocycles. The molecule has 9 nitrogen and oxygen atoms in total. The van der Waals surface area contributed by atoms with E-state index in [4.69, 9.17) is 4.74 Å². The van der Waals surface area contributed by atoms with Gasteiger partial charge in [0.2, 0.25) is 0 Å². The molecule has 0 radical (unpaired) electrons. The Kier molecular flexibility index (Phi) is 8.71. The smallest absolute Gasteiger partial charge is 0.444 e. The highest BCUT2D eigenvalue weighted by molar-refractivity contribution is 6.43. The fourth-order valence-electron chi connectivity index (χ4n) is 4.43. The fraction of sp³-hybridized carbons (Fsp3) is 0.542. The summed E-state index contributed by atoms with van der Waals surface area (Å²) in [5.74, 6) is -4.35. The van der Waals surface area contributed by atoms with Gasteiger partial charge in [-0.1, -0.05) is 30.3 Å². The Labute approximate surface area is 209 Å². The fourth-order valence-corrected chi connectivity index (χ4v) is 4.43. The number of benzene rings is 1. The molecule has 12 heteroatoms. The number of carbonyl (C=O) groups is 2. The van der Waals surface area contributed by atoms with Crippen molar-refractivity contribution in [2.75, 3.05) is 26.2 Å². The topological polar surface area (TPSA) is 126 Å². The van der Waals surface area contributed by atoms with Gasteiger partial charge in [0.1, 0.15) is 17.7 Å². The molecule has 1 aromatic carbocycles. The molecule has 0 bridgehead atoms. The number of nitriles is 1. The van der Waals surface area contributed by atoms with E-state index in [-0.39, 0.29) is 38.0 Å². The molecule has 3 N–H and O–H groups in total. The summed E-state index contributed by atoms with van der Waals surface area (Å²) in [6.45, 7) is 3.38. The van der Waals surface area contributed by atoms with Crippen molar-refractivity contribution in [1.82, 2.24) is 15.1 Å². The molecule has 0 aliphatic carbocycles. The van der Waals surface area contributed by atoms with Gasteiger partial charge in [-0.05, 0) is 31.9 Å². The van der Waals surface area contributed by atoms with Crippen molar-refractivity contribution in [2.45, 2.75) is 56.6 Å². The first-order valence-corrected chi connectivity index (χ1v) is 11.8. The summed E-state index contributed by atoms with van der Waals surface area (Å²) in [6.07, 6.45) is 0.159. The van der Waals surface area contributed by atoms with Gasteiger partial charge in [-0.2, -0.15) is 5.26 Å². The summed E-state index contributed by atoms with van der Waals surface area (Å²) < 4.78 is 32.7. The Bertz CT molecular complexity index is 1020. The van der Waals surface area contributed by atoms with Gasteiger partial charge in [-0.3, -0.25) is 9.69 Å². The van der Waals surface area contributed by atoms with Crippen LogP contribution in [0.4, 0.5) is 13.6 Å². The standard InChI is InChI=1S/C24H31BF2N4O5/c1-23(2,31-11-9-24(26,27)16-31)13-18(14-28)21(32)30-10-8-19(15-30)36-22(33)29-20(25(34)35)12-17-6-4-3-5-7-17/h3-7,13,19-20,34-35H,8-12,15-16H2,1-2H3,(H,29,33). The van der Waals surface area contributed by atoms with Crippen molar-refractivity contribution in [3.05, 3.63) is 47.5 Å². The van der Waals surface area contributed by atoms with Crippen LogP contribution in [0.1, 0.15) is 32.3 Å². The lowest BCUT2D eigenvalue weighted by atomic mass is 9.76. The summed E-state index contributed by atoms with van der Waals surface area (Å²) in [5.41, 5.74) is -0.286. The number of nitrogens with zero attached hydrogens (tertiary/aromatic N) is 3. The second kappa shape index (κ2) is 11.4. The summed E-state index contributed by atoms with van der Waals surface area (Å²) in [7, 11) is -1.80. The Balaban J connectivity index is 1.56. The quantitative estimate of drug-likeness (QED) is 0.278. The third-order valence-corrected chi connectivity index (χ3v) is 6.50. The molecule has 2 amide bonds. The first-order valence-electron chi connectivity index (χ1n) is 11.8. The van der Waals surface area contributed by atoms with E-state index in [9.17, 15) is 33.7 Å². The number of nitrogens with one attached hydrogen (secondary N) is 1. The van der Waals surface area contributed by atoms with Crippen molar-refractivity contribution >= 4 is 19.1 Å². The molecule has 1 aromatic rings. The number of hydrogen-bond donors (Lipinski definition) is 3. The largest absolute Gasteiger partial charge is 0.475 e. The number of likely N-dealkylation sites (tertiary alicyclic amines) is 2. The van der Waals surface area contributed by atoms with Gasteiger partial charge in [0, 0.05) is 31.5 Å². The highest BCUT2D eigenvalue weighted by Crippen LogP contribution is 2.33. The van der Waals surface area contributed by atoms with Crippen LogP contribution >= 0.6 is 0 Å². The molecule has 2 saturated heterocycles. The summed E-state index contributed by atoms with van der Waals surface area (Å²) >= 11 is 0. The van der Waals surface area contributed by atoms with Gasteiger partial charge in [-0.25, -0.2) is 13.6 Å². The normalized spacial score (nSPS) is 21.1. The number of halogens is 2. The van der Waals surface area contributed by atoms with Gasteiger partial charge in [0.25, 0.3) is 11.8 Å². The SMILES string of the molecule is CC(C)(C=C(C#N)C(=O)N1CCC(OC(=O)NC(Cc2ccccc2)B(O)O)C1)N1CCC(F)(F)C1. The minimum Gasteiger partial charge on any atom is -0.444 e. The second-order valence-electron chi connectivity index (χ2n) is 9.77. The molecular formula is C24H31BF2N4O5. The number of ether oxygens (including phenoxy) is 1. The Morgan fingerprint density at radius 2 is 2.03 bits per heavy atom. The van der Waals surface area contributed by atoms with Gasteiger partial charge in [0.05, 0.1) is 19.0 Å². The molecular weight excluding hydrogens is 473 g/mol. The van der Waals surface area contributed by atoms with Gasteiger partial charge in [-0.15, -0.1) is 0 Å². The highest BCUT2D eigenvalue weighted by Gasteiger charge is 2.43. The van der Waals surface area contributed by atoms with E-state index >= 15 is 0 Å². The van der Waals surface area contributed by atoms with Crippen LogP contribution in [0.2, 0.25) is 0 Å². The van der Waals surface area contributed by atoms with E-state index in [0.29, 0.717) is 6.42 Å². The van der Waals surface area contributed by atoms with Gasteiger partial charge >= 0.3 is 13.2 Å². The molecule has 3 rings (SSSR count). The molecule has 0 spiro atoms. The zero-order valence-electron chi connectivity index (χ0n) is 20.4. The number of alkyl halides is 2. The van der Waals surface area contributed by atoms with Crippen molar-refractivity contribution in [3.8, 4) is 6.07 Å². The lowest BCUT2D eigenvalue weighted by Gasteiger charge is -2.33. The van der Waals surface area contributed by atoms with Crippen LogP contribution in [0.5, 0.6) is 0 Å². The van der Waals surface area contributed by atoms with E-state index in [1.165, 1.54) is 11.0 Å². The van der Waals surface area contributed by atoms with E-state index in [0.717, 1.165) is 5.56 Å². The van der Waals surface area contributed by atoms with Crippen LogP contribution in [-0.4, -0.2) is 88.7 Å². The van der Waals surface area contributed by atoms with Crippen molar-refractivity contribution in [3.63, 3.8) is 0 Å². The first-order chi connectivity index (χ1) is 16.9. The second-order valence-corrected chi connectivity index (χ2v) is 9.77. The van der Waals surface area contributed by atoms with Crippen molar-refractivity contribution in [2.24, 2.45) is 0 Å². The van der Waals surface area contributed by atoms with E-state index in [2.05, 4.69) is 5.32 Å². The van der Waals surface area contributed by atoms with Crippen molar-refractivity contribution < 1.29 is 33.2 Å². The first kappa shape index (κ1) is 27.6. The lowest BCUT2D eigenvalue weighted by molar-refractivity contribution is -0.126. The molecule has 2 aliphatic rings. The highest BCUT2D eigenvalue weighted by atomic mass is 19.3. The predicted molar refractivity (Wildman–Crippen MR) is 128 cm³/mol. The number of carbonyl (C=O) groups excluding carboxylic acids is 2. The minimum atomic E-state index is -2.80. The van der Waals surface area contributed by atoms with Crippen LogP contribution in [0, 0.1) is 11.3 Å². The monoisotopic (exact) mass is 504 g/mol. The molecule has 2 fully saturated rings. The molecule has 2 aliphatic heterocycles. The Morgan fingerprint density at radius 1 is 1.33 bits per heavy atom.